The molecule has 120 valence electrons. The van der Waals surface area contributed by atoms with E-state index >= 15 is 0 Å². The summed E-state index contributed by atoms with van der Waals surface area (Å²) in [5.41, 5.74) is 1.31. The maximum absolute atomic E-state index is 12.0. The van der Waals surface area contributed by atoms with Crippen molar-refractivity contribution in [1.29, 1.82) is 0 Å². The lowest BCUT2D eigenvalue weighted by Gasteiger charge is -2.07. The Morgan fingerprint density at radius 2 is 2.18 bits per heavy atom. The fraction of sp³-hybridized carbons (Fsp3) is 0.385. The minimum atomic E-state index is -0.126. The van der Waals surface area contributed by atoms with E-state index in [4.69, 9.17) is 4.74 Å². The van der Waals surface area contributed by atoms with Crippen LogP contribution >= 0.6 is 12.4 Å². The second-order valence-corrected chi connectivity index (χ2v) is 4.30. The Morgan fingerprint density at radius 3 is 2.91 bits per heavy atom. The maximum Gasteiger partial charge on any atom is 0.251 e. The number of aromatic nitrogens is 4. The van der Waals surface area contributed by atoms with Gasteiger partial charge in [0.25, 0.3) is 5.91 Å². The first kappa shape index (κ1) is 18.0. The highest BCUT2D eigenvalue weighted by Crippen LogP contribution is 2.08. The van der Waals surface area contributed by atoms with Gasteiger partial charge in [-0.15, -0.1) is 17.5 Å². The summed E-state index contributed by atoms with van der Waals surface area (Å²) in [6, 6.07) is 7.12. The third-order valence-corrected chi connectivity index (χ3v) is 2.79. The zero-order valence-electron chi connectivity index (χ0n) is 12.2. The van der Waals surface area contributed by atoms with Crippen LogP contribution in [0.25, 0.3) is 5.69 Å². The molecule has 1 aromatic carbocycles. The fourth-order valence-corrected chi connectivity index (χ4v) is 1.73. The van der Waals surface area contributed by atoms with Crippen LogP contribution in [0.1, 0.15) is 10.4 Å². The van der Waals surface area contributed by atoms with Crippen molar-refractivity contribution >= 4 is 18.3 Å². The van der Waals surface area contributed by atoms with E-state index < -0.39 is 0 Å². The molecule has 0 spiro atoms. The van der Waals surface area contributed by atoms with Crippen molar-refractivity contribution in [3.63, 3.8) is 0 Å². The molecule has 1 amide bonds. The molecule has 2 N–H and O–H groups in total. The van der Waals surface area contributed by atoms with E-state index in [0.29, 0.717) is 25.3 Å². The van der Waals surface area contributed by atoms with Gasteiger partial charge < -0.3 is 15.4 Å². The molecule has 0 saturated heterocycles. The van der Waals surface area contributed by atoms with Crippen LogP contribution in [-0.4, -0.2) is 59.5 Å². The summed E-state index contributed by atoms with van der Waals surface area (Å²) in [6.07, 6.45) is 1.48. The Labute approximate surface area is 134 Å². The molecular formula is C13H19ClN6O2. The predicted octanol–water partition coefficient (Wildman–Crippen LogP) is 0.0499. The van der Waals surface area contributed by atoms with Crippen molar-refractivity contribution in [1.82, 2.24) is 30.8 Å². The Morgan fingerprint density at radius 1 is 1.32 bits per heavy atom. The van der Waals surface area contributed by atoms with Crippen molar-refractivity contribution < 1.29 is 9.53 Å². The summed E-state index contributed by atoms with van der Waals surface area (Å²) in [5.74, 6) is -0.126. The van der Waals surface area contributed by atoms with Gasteiger partial charge in [0.05, 0.1) is 12.3 Å². The number of amides is 1. The summed E-state index contributed by atoms with van der Waals surface area (Å²) in [7, 11) is 1.65. The molecular weight excluding hydrogens is 308 g/mol. The first-order valence-electron chi connectivity index (χ1n) is 6.62. The molecule has 22 heavy (non-hydrogen) atoms. The molecule has 2 rings (SSSR count). The Balaban J connectivity index is 0.00000242. The standard InChI is InChI=1S/C13H18N6O2.ClH/c1-21-8-7-14-5-6-15-13(20)11-3-2-4-12(9-11)19-10-16-17-18-19;/h2-4,9-10,14H,5-8H2,1H3,(H,15,20);1H. The van der Waals surface area contributed by atoms with Gasteiger partial charge in [0, 0.05) is 32.3 Å². The lowest BCUT2D eigenvalue weighted by Crippen LogP contribution is -2.33. The van der Waals surface area contributed by atoms with Crippen molar-refractivity contribution in [2.24, 2.45) is 0 Å². The van der Waals surface area contributed by atoms with Crippen LogP contribution in [0.4, 0.5) is 0 Å². The van der Waals surface area contributed by atoms with Gasteiger partial charge in [-0.25, -0.2) is 4.68 Å². The van der Waals surface area contributed by atoms with E-state index in [-0.39, 0.29) is 18.3 Å². The number of hydrogen-bond acceptors (Lipinski definition) is 6. The Hall–Kier alpha value is -2.03. The number of carbonyl (C=O) groups is 1. The molecule has 2 aromatic rings. The molecule has 0 aliphatic carbocycles. The molecule has 0 aliphatic rings. The average Bonchev–Trinajstić information content (AvgIpc) is 3.05. The zero-order valence-corrected chi connectivity index (χ0v) is 13.0. The molecule has 1 aromatic heterocycles. The molecule has 8 nitrogen and oxygen atoms in total. The topological polar surface area (TPSA) is 94.0 Å². The fourth-order valence-electron chi connectivity index (χ4n) is 1.73. The largest absolute Gasteiger partial charge is 0.383 e. The molecule has 0 atom stereocenters. The second kappa shape index (κ2) is 9.82. The van der Waals surface area contributed by atoms with Crippen LogP contribution in [0.15, 0.2) is 30.6 Å². The first-order chi connectivity index (χ1) is 10.3. The zero-order chi connectivity index (χ0) is 14.9. The highest BCUT2D eigenvalue weighted by atomic mass is 35.5. The van der Waals surface area contributed by atoms with Crippen LogP contribution in [0, 0.1) is 0 Å². The van der Waals surface area contributed by atoms with Gasteiger partial charge in [0.15, 0.2) is 0 Å². The van der Waals surface area contributed by atoms with Crippen molar-refractivity contribution in [2.75, 3.05) is 33.4 Å². The quantitative estimate of drug-likeness (QED) is 0.666. The van der Waals surface area contributed by atoms with E-state index in [1.807, 2.05) is 6.07 Å². The number of nitrogens with one attached hydrogen (secondary N) is 2. The van der Waals surface area contributed by atoms with Gasteiger partial charge in [-0.2, -0.15) is 0 Å². The number of nitrogens with zero attached hydrogens (tertiary/aromatic N) is 4. The number of tetrazole rings is 1. The number of ether oxygens (including phenoxy) is 1. The van der Waals surface area contributed by atoms with Crippen molar-refractivity contribution in [3.05, 3.63) is 36.2 Å². The molecule has 0 fully saturated rings. The molecule has 0 aliphatic heterocycles. The third-order valence-electron chi connectivity index (χ3n) is 2.79. The summed E-state index contributed by atoms with van der Waals surface area (Å²) in [4.78, 5) is 12.0. The molecule has 0 unspecified atom stereocenters. The third kappa shape index (κ3) is 5.40. The maximum atomic E-state index is 12.0. The number of rotatable bonds is 8. The van der Waals surface area contributed by atoms with Gasteiger partial charge in [0.2, 0.25) is 0 Å². The van der Waals surface area contributed by atoms with Crippen LogP contribution in [0.2, 0.25) is 0 Å². The SMILES string of the molecule is COCCNCCNC(=O)c1cccc(-n2cnnn2)c1.Cl. The van der Waals surface area contributed by atoms with Crippen LogP contribution in [-0.2, 0) is 4.74 Å². The van der Waals surface area contributed by atoms with Gasteiger partial charge >= 0.3 is 0 Å². The van der Waals surface area contributed by atoms with E-state index in [2.05, 4.69) is 26.2 Å². The molecule has 9 heteroatoms. The Bertz CT molecular complexity index is 563. The van der Waals surface area contributed by atoms with E-state index in [1.54, 1.807) is 25.3 Å². The highest BCUT2D eigenvalue weighted by Gasteiger charge is 2.06. The molecule has 1 heterocycles. The van der Waals surface area contributed by atoms with Gasteiger partial charge in [-0.3, -0.25) is 4.79 Å². The van der Waals surface area contributed by atoms with E-state index in [9.17, 15) is 4.79 Å². The molecule has 0 saturated carbocycles. The smallest absolute Gasteiger partial charge is 0.251 e. The van der Waals surface area contributed by atoms with Crippen LogP contribution in [0.3, 0.4) is 0 Å². The van der Waals surface area contributed by atoms with E-state index in [1.165, 1.54) is 11.0 Å². The minimum absolute atomic E-state index is 0. The normalized spacial score (nSPS) is 10.0. The summed E-state index contributed by atoms with van der Waals surface area (Å²) < 4.78 is 6.42. The van der Waals surface area contributed by atoms with E-state index in [0.717, 1.165) is 12.2 Å². The van der Waals surface area contributed by atoms with Crippen molar-refractivity contribution in [3.8, 4) is 5.69 Å². The number of halogens is 1. The summed E-state index contributed by atoms with van der Waals surface area (Å²) >= 11 is 0. The molecule has 0 bridgehead atoms. The first-order valence-corrected chi connectivity index (χ1v) is 6.62. The second-order valence-electron chi connectivity index (χ2n) is 4.30. The van der Waals surface area contributed by atoms with Gasteiger partial charge in [-0.1, -0.05) is 6.07 Å². The monoisotopic (exact) mass is 326 g/mol. The van der Waals surface area contributed by atoms with Crippen LogP contribution in [0.5, 0.6) is 0 Å². The van der Waals surface area contributed by atoms with Crippen LogP contribution < -0.4 is 10.6 Å². The number of hydrogen-bond donors (Lipinski definition) is 2. The summed E-state index contributed by atoms with van der Waals surface area (Å²) in [6.45, 7) is 2.67. The lowest BCUT2D eigenvalue weighted by atomic mass is 10.2. The van der Waals surface area contributed by atoms with Gasteiger partial charge in [-0.05, 0) is 28.6 Å². The highest BCUT2D eigenvalue weighted by molar-refractivity contribution is 5.94. The lowest BCUT2D eigenvalue weighted by molar-refractivity contribution is 0.0953. The van der Waals surface area contributed by atoms with Crippen molar-refractivity contribution in [2.45, 2.75) is 0 Å². The average molecular weight is 327 g/mol. The summed E-state index contributed by atoms with van der Waals surface area (Å²) in [5, 5.41) is 16.9. The number of benzene rings is 1. The van der Waals surface area contributed by atoms with Gasteiger partial charge in [0.1, 0.15) is 6.33 Å². The Kier molecular flexibility index (Phi) is 8.05. The predicted molar refractivity (Wildman–Crippen MR) is 83.5 cm³/mol. The minimum Gasteiger partial charge on any atom is -0.383 e. The number of methoxy groups -OCH3 is 1. The molecule has 0 radical (unpaired) electrons. The number of carbonyl (C=O) groups excluding carboxylic acids is 1.